The summed E-state index contributed by atoms with van der Waals surface area (Å²) in [5, 5.41) is 3.88. The Labute approximate surface area is 135 Å². The minimum absolute atomic E-state index is 0.104. The van der Waals surface area contributed by atoms with Crippen LogP contribution in [-0.2, 0) is 4.74 Å². The minimum Gasteiger partial charge on any atom is -0.444 e. The van der Waals surface area contributed by atoms with Crippen molar-refractivity contribution in [2.45, 2.75) is 102 Å². The molecular formula is C18H32N2O2. The molecule has 0 aromatic heterocycles. The number of hydrogen-bond donors (Lipinski definition) is 1. The summed E-state index contributed by atoms with van der Waals surface area (Å²) >= 11 is 0. The molecule has 4 atom stereocenters. The molecule has 1 N–H and O–H groups in total. The van der Waals surface area contributed by atoms with E-state index in [1.165, 1.54) is 19.3 Å². The van der Waals surface area contributed by atoms with Crippen molar-refractivity contribution < 1.29 is 9.53 Å². The van der Waals surface area contributed by atoms with E-state index in [1.807, 2.05) is 25.7 Å². The molecule has 3 fully saturated rings. The van der Waals surface area contributed by atoms with E-state index in [0.717, 1.165) is 31.6 Å². The van der Waals surface area contributed by atoms with Crippen molar-refractivity contribution in [3.63, 3.8) is 0 Å². The zero-order valence-electron chi connectivity index (χ0n) is 14.6. The smallest absolute Gasteiger partial charge is 0.410 e. The molecule has 3 rings (SSSR count). The normalized spacial score (nSPS) is 38.4. The fourth-order valence-corrected chi connectivity index (χ4v) is 4.62. The topological polar surface area (TPSA) is 41.6 Å². The summed E-state index contributed by atoms with van der Waals surface area (Å²) in [4.78, 5) is 14.5. The first kappa shape index (κ1) is 16.1. The van der Waals surface area contributed by atoms with Crippen molar-refractivity contribution in [1.29, 1.82) is 0 Å². The van der Waals surface area contributed by atoms with Gasteiger partial charge in [0.15, 0.2) is 0 Å². The van der Waals surface area contributed by atoms with Crippen LogP contribution in [0.25, 0.3) is 0 Å². The summed E-state index contributed by atoms with van der Waals surface area (Å²) in [5.41, 5.74) is -0.397. The molecule has 0 radical (unpaired) electrons. The third-order valence-electron chi connectivity index (χ3n) is 5.50. The molecule has 0 aromatic carbocycles. The van der Waals surface area contributed by atoms with E-state index in [0.29, 0.717) is 24.2 Å². The van der Waals surface area contributed by atoms with E-state index in [9.17, 15) is 4.79 Å². The highest BCUT2D eigenvalue weighted by molar-refractivity contribution is 5.69. The van der Waals surface area contributed by atoms with Crippen LogP contribution in [0.3, 0.4) is 0 Å². The van der Waals surface area contributed by atoms with Crippen LogP contribution in [0.5, 0.6) is 0 Å². The Hall–Kier alpha value is -0.770. The molecule has 126 valence electrons. The molecule has 4 unspecified atom stereocenters. The van der Waals surface area contributed by atoms with E-state index in [2.05, 4.69) is 12.2 Å². The molecule has 0 aromatic rings. The van der Waals surface area contributed by atoms with Crippen molar-refractivity contribution in [2.75, 3.05) is 0 Å². The first-order valence-corrected chi connectivity index (χ1v) is 9.09. The second-order valence-electron chi connectivity index (χ2n) is 8.72. The van der Waals surface area contributed by atoms with Crippen LogP contribution < -0.4 is 5.32 Å². The van der Waals surface area contributed by atoms with Gasteiger partial charge in [-0.2, -0.15) is 0 Å². The molecule has 3 aliphatic rings. The van der Waals surface area contributed by atoms with Gasteiger partial charge in [0.25, 0.3) is 0 Å². The molecule has 2 saturated heterocycles. The van der Waals surface area contributed by atoms with Gasteiger partial charge in [-0.05, 0) is 71.6 Å². The average molecular weight is 308 g/mol. The van der Waals surface area contributed by atoms with Crippen molar-refractivity contribution >= 4 is 6.09 Å². The number of carbonyl (C=O) groups excluding carboxylic acids is 1. The SMILES string of the molecule is CC1CCC(NC2CC3CCC(C2)N3C(=O)OC(C)(C)C)C1. The third-order valence-corrected chi connectivity index (χ3v) is 5.50. The number of amides is 1. The average Bonchev–Trinajstić information content (AvgIpc) is 2.89. The minimum atomic E-state index is -0.397. The third kappa shape index (κ3) is 3.58. The van der Waals surface area contributed by atoms with Gasteiger partial charge in [-0.15, -0.1) is 0 Å². The van der Waals surface area contributed by atoms with E-state index in [-0.39, 0.29) is 6.09 Å². The molecule has 4 nitrogen and oxygen atoms in total. The molecule has 1 saturated carbocycles. The van der Waals surface area contributed by atoms with Crippen LogP contribution in [0.4, 0.5) is 4.79 Å². The fourth-order valence-electron chi connectivity index (χ4n) is 4.62. The highest BCUT2D eigenvalue weighted by atomic mass is 16.6. The zero-order valence-corrected chi connectivity index (χ0v) is 14.6. The largest absolute Gasteiger partial charge is 0.444 e. The number of fused-ring (bicyclic) bond motifs is 2. The van der Waals surface area contributed by atoms with Gasteiger partial charge < -0.3 is 15.0 Å². The monoisotopic (exact) mass is 308 g/mol. The summed E-state index contributed by atoms with van der Waals surface area (Å²) in [7, 11) is 0. The van der Waals surface area contributed by atoms with Gasteiger partial charge in [0.1, 0.15) is 5.60 Å². The van der Waals surface area contributed by atoms with E-state index >= 15 is 0 Å². The molecule has 4 heteroatoms. The van der Waals surface area contributed by atoms with E-state index in [1.54, 1.807) is 0 Å². The first-order valence-electron chi connectivity index (χ1n) is 9.09. The van der Waals surface area contributed by atoms with Gasteiger partial charge in [-0.25, -0.2) is 4.79 Å². The lowest BCUT2D eigenvalue weighted by atomic mass is 9.96. The maximum Gasteiger partial charge on any atom is 0.410 e. The van der Waals surface area contributed by atoms with Gasteiger partial charge in [-0.3, -0.25) is 0 Å². The van der Waals surface area contributed by atoms with E-state index in [4.69, 9.17) is 4.74 Å². The summed E-state index contributed by atoms with van der Waals surface area (Å²) in [5.74, 6) is 0.871. The number of rotatable bonds is 2. The number of piperidine rings is 1. The molecule has 2 heterocycles. The molecule has 0 spiro atoms. The van der Waals surface area contributed by atoms with Crippen LogP contribution in [0, 0.1) is 5.92 Å². The fraction of sp³-hybridized carbons (Fsp3) is 0.944. The molecule has 22 heavy (non-hydrogen) atoms. The lowest BCUT2D eigenvalue weighted by molar-refractivity contribution is 0.00430. The molecule has 2 bridgehead atoms. The second-order valence-corrected chi connectivity index (χ2v) is 8.72. The maximum atomic E-state index is 12.5. The molecule has 2 aliphatic heterocycles. The van der Waals surface area contributed by atoms with Crippen molar-refractivity contribution in [3.05, 3.63) is 0 Å². The Morgan fingerprint density at radius 2 is 1.64 bits per heavy atom. The number of hydrogen-bond acceptors (Lipinski definition) is 3. The molecule has 1 aliphatic carbocycles. The summed E-state index contributed by atoms with van der Waals surface area (Å²) in [6.45, 7) is 8.20. The highest BCUT2D eigenvalue weighted by Crippen LogP contribution is 2.37. The number of nitrogens with zero attached hydrogens (tertiary/aromatic N) is 1. The van der Waals surface area contributed by atoms with Crippen LogP contribution in [0.1, 0.15) is 72.6 Å². The maximum absolute atomic E-state index is 12.5. The van der Waals surface area contributed by atoms with Gasteiger partial charge in [-0.1, -0.05) is 6.92 Å². The lowest BCUT2D eigenvalue weighted by Gasteiger charge is -2.40. The Bertz CT molecular complexity index is 404. The Kier molecular flexibility index (Phi) is 4.41. The van der Waals surface area contributed by atoms with Crippen molar-refractivity contribution in [2.24, 2.45) is 5.92 Å². The number of nitrogens with one attached hydrogen (secondary N) is 1. The van der Waals surface area contributed by atoms with Gasteiger partial charge in [0, 0.05) is 24.2 Å². The predicted molar refractivity (Wildman–Crippen MR) is 87.8 cm³/mol. The molecule has 1 amide bonds. The number of carbonyl (C=O) groups is 1. The quantitative estimate of drug-likeness (QED) is 0.846. The summed E-state index contributed by atoms with van der Waals surface area (Å²) in [6.07, 6.45) is 8.38. The van der Waals surface area contributed by atoms with Crippen LogP contribution in [0.15, 0.2) is 0 Å². The van der Waals surface area contributed by atoms with Crippen molar-refractivity contribution in [1.82, 2.24) is 10.2 Å². The van der Waals surface area contributed by atoms with Gasteiger partial charge >= 0.3 is 6.09 Å². The lowest BCUT2D eigenvalue weighted by Crippen LogP contribution is -2.53. The van der Waals surface area contributed by atoms with Crippen LogP contribution >= 0.6 is 0 Å². The Morgan fingerprint density at radius 1 is 1.00 bits per heavy atom. The first-order chi connectivity index (χ1) is 10.3. The molecular weight excluding hydrogens is 276 g/mol. The summed E-state index contributed by atoms with van der Waals surface area (Å²) in [6, 6.07) is 2.05. The van der Waals surface area contributed by atoms with Gasteiger partial charge in [0.2, 0.25) is 0 Å². The van der Waals surface area contributed by atoms with Crippen LogP contribution in [0.2, 0.25) is 0 Å². The highest BCUT2D eigenvalue weighted by Gasteiger charge is 2.45. The second kappa shape index (κ2) is 6.03. The number of ether oxygens (including phenoxy) is 1. The zero-order chi connectivity index (χ0) is 15.9. The van der Waals surface area contributed by atoms with E-state index < -0.39 is 5.60 Å². The Balaban J connectivity index is 1.56. The summed E-state index contributed by atoms with van der Waals surface area (Å²) < 4.78 is 5.61. The predicted octanol–water partition coefficient (Wildman–Crippen LogP) is 3.70. The standard InChI is InChI=1S/C18H32N2O2/c1-12-5-6-13(9-12)19-14-10-15-7-8-16(11-14)20(15)17(21)22-18(2,3)4/h12-16,19H,5-11H2,1-4H3. The Morgan fingerprint density at radius 3 is 2.14 bits per heavy atom. The van der Waals surface area contributed by atoms with Crippen LogP contribution in [-0.4, -0.2) is 40.8 Å². The van der Waals surface area contributed by atoms with Gasteiger partial charge in [0.05, 0.1) is 0 Å². The van der Waals surface area contributed by atoms with Crippen molar-refractivity contribution in [3.8, 4) is 0 Å².